The van der Waals surface area contributed by atoms with Crippen LogP contribution in [0.15, 0.2) is 55.0 Å². The minimum absolute atomic E-state index is 0.00746. The zero-order valence-electron chi connectivity index (χ0n) is 18.9. The van der Waals surface area contributed by atoms with E-state index in [1.165, 1.54) is 24.3 Å². The molecule has 1 aromatic carbocycles. The van der Waals surface area contributed by atoms with Gasteiger partial charge in [-0.1, -0.05) is 0 Å². The fourth-order valence-electron chi connectivity index (χ4n) is 3.90. The highest BCUT2D eigenvalue weighted by Crippen LogP contribution is 2.40. The lowest BCUT2D eigenvalue weighted by Crippen LogP contribution is -2.52. The number of pyridine rings is 2. The standard InChI is InChI=1S/C24H21F5N4O3/c1-14(32-9-6-24(28,29)17(13-32)15-4-7-33(35)8-5-15)23(34)31-22-3-2-16(12-30-22)36-21-11-19(26)18(25)10-20(21)27/h2-5,7-8,10-12,14,17H,6,9,13H2,1H3,(H,30,31,34)/t14?,17-/m1/s1. The van der Waals surface area contributed by atoms with Gasteiger partial charge in [0.15, 0.2) is 35.6 Å². The molecular formula is C24H21F5N4O3. The van der Waals surface area contributed by atoms with E-state index >= 15 is 0 Å². The number of anilines is 1. The molecule has 7 nitrogen and oxygen atoms in total. The van der Waals surface area contributed by atoms with Crippen molar-refractivity contribution in [2.24, 2.45) is 0 Å². The second-order valence-electron chi connectivity index (χ2n) is 8.39. The number of benzene rings is 1. The van der Waals surface area contributed by atoms with Gasteiger partial charge in [-0.25, -0.2) is 26.9 Å². The molecule has 1 saturated heterocycles. The number of ether oxygens (including phenoxy) is 1. The molecule has 0 saturated carbocycles. The number of piperidine rings is 1. The van der Waals surface area contributed by atoms with Gasteiger partial charge >= 0.3 is 0 Å². The van der Waals surface area contributed by atoms with Crippen LogP contribution >= 0.6 is 0 Å². The number of hydrogen-bond acceptors (Lipinski definition) is 5. The molecule has 190 valence electrons. The van der Waals surface area contributed by atoms with Gasteiger partial charge in [-0.15, -0.1) is 0 Å². The van der Waals surface area contributed by atoms with E-state index in [2.05, 4.69) is 10.3 Å². The average molecular weight is 508 g/mol. The summed E-state index contributed by atoms with van der Waals surface area (Å²) < 4.78 is 75.0. The Morgan fingerprint density at radius 3 is 2.53 bits per heavy atom. The molecule has 0 radical (unpaired) electrons. The summed E-state index contributed by atoms with van der Waals surface area (Å²) in [5.74, 6) is -8.82. The molecule has 1 amide bonds. The first-order valence-corrected chi connectivity index (χ1v) is 10.9. The van der Waals surface area contributed by atoms with Gasteiger partial charge in [0.25, 0.3) is 5.92 Å². The molecule has 4 rings (SSSR count). The topological polar surface area (TPSA) is 81.4 Å². The Morgan fingerprint density at radius 1 is 1.17 bits per heavy atom. The van der Waals surface area contributed by atoms with Gasteiger partial charge in [0.1, 0.15) is 11.6 Å². The van der Waals surface area contributed by atoms with E-state index in [-0.39, 0.29) is 24.7 Å². The summed E-state index contributed by atoms with van der Waals surface area (Å²) in [6.45, 7) is 1.48. The van der Waals surface area contributed by atoms with Crippen molar-refractivity contribution in [3.8, 4) is 11.5 Å². The molecule has 0 aliphatic carbocycles. The number of nitrogens with zero attached hydrogens (tertiary/aromatic N) is 3. The van der Waals surface area contributed by atoms with Gasteiger partial charge < -0.3 is 15.3 Å². The largest absolute Gasteiger partial charge is 0.619 e. The fraction of sp³-hybridized carbons (Fsp3) is 0.292. The first-order valence-electron chi connectivity index (χ1n) is 10.9. The fourth-order valence-corrected chi connectivity index (χ4v) is 3.90. The summed E-state index contributed by atoms with van der Waals surface area (Å²) in [6.07, 6.45) is 3.00. The smallest absolute Gasteiger partial charge is 0.257 e. The van der Waals surface area contributed by atoms with Crippen LogP contribution in [0.3, 0.4) is 0 Å². The summed E-state index contributed by atoms with van der Waals surface area (Å²) in [5, 5.41) is 13.8. The third-order valence-electron chi connectivity index (χ3n) is 6.01. The Bertz CT molecular complexity index is 1240. The average Bonchev–Trinajstić information content (AvgIpc) is 2.84. The molecule has 1 aliphatic rings. The van der Waals surface area contributed by atoms with Crippen molar-refractivity contribution in [1.29, 1.82) is 0 Å². The van der Waals surface area contributed by atoms with Crippen LogP contribution in [0.1, 0.15) is 24.8 Å². The molecule has 1 N–H and O–H groups in total. The zero-order chi connectivity index (χ0) is 26.0. The Hall–Kier alpha value is -3.80. The van der Waals surface area contributed by atoms with Crippen molar-refractivity contribution >= 4 is 11.7 Å². The molecule has 1 aliphatic heterocycles. The van der Waals surface area contributed by atoms with E-state index < -0.39 is 53.4 Å². The molecule has 2 aromatic heterocycles. The Kier molecular flexibility index (Phi) is 7.07. The number of aromatic nitrogens is 2. The van der Waals surface area contributed by atoms with Crippen molar-refractivity contribution < 1.29 is 36.2 Å². The van der Waals surface area contributed by atoms with Crippen molar-refractivity contribution in [3.05, 3.63) is 83.2 Å². The summed E-state index contributed by atoms with van der Waals surface area (Å²) in [4.78, 5) is 18.4. The summed E-state index contributed by atoms with van der Waals surface area (Å²) >= 11 is 0. The maximum atomic E-state index is 14.6. The highest BCUT2D eigenvalue weighted by atomic mass is 19.3. The third kappa shape index (κ3) is 5.54. The lowest BCUT2D eigenvalue weighted by atomic mass is 9.87. The van der Waals surface area contributed by atoms with E-state index in [4.69, 9.17) is 4.74 Å². The molecule has 1 fully saturated rings. The Morgan fingerprint density at radius 2 is 1.86 bits per heavy atom. The summed E-state index contributed by atoms with van der Waals surface area (Å²) in [6, 6.07) is 5.53. The molecule has 2 atom stereocenters. The van der Waals surface area contributed by atoms with Gasteiger partial charge in [0, 0.05) is 43.8 Å². The number of carbonyl (C=O) groups excluding carboxylic acids is 1. The third-order valence-corrected chi connectivity index (χ3v) is 6.01. The van der Waals surface area contributed by atoms with Gasteiger partial charge in [-0.3, -0.25) is 9.69 Å². The number of rotatable bonds is 6. The quantitative estimate of drug-likeness (QED) is 0.231. The molecule has 3 heterocycles. The monoisotopic (exact) mass is 508 g/mol. The highest BCUT2D eigenvalue weighted by molar-refractivity contribution is 5.93. The Labute approximate surface area is 202 Å². The summed E-state index contributed by atoms with van der Waals surface area (Å²) in [7, 11) is 0. The SMILES string of the molecule is CC(C(=O)Nc1ccc(Oc2cc(F)c(F)cc2F)cn1)N1CCC(F)(F)[C@@H](c2cc[n+]([O-])cc2)C1. The van der Waals surface area contributed by atoms with E-state index in [1.54, 1.807) is 11.8 Å². The zero-order valence-corrected chi connectivity index (χ0v) is 18.9. The van der Waals surface area contributed by atoms with E-state index in [0.717, 1.165) is 18.6 Å². The lowest BCUT2D eigenvalue weighted by Gasteiger charge is -2.40. The predicted octanol–water partition coefficient (Wildman–Crippen LogP) is 4.38. The minimum atomic E-state index is -2.99. The van der Waals surface area contributed by atoms with Crippen LogP contribution in [0.4, 0.5) is 27.8 Å². The minimum Gasteiger partial charge on any atom is -0.619 e. The molecule has 3 aromatic rings. The van der Waals surface area contributed by atoms with Gasteiger partial charge in [0.05, 0.1) is 18.2 Å². The van der Waals surface area contributed by atoms with Gasteiger partial charge in [-0.05, 0) is 24.6 Å². The van der Waals surface area contributed by atoms with Crippen LogP contribution in [0.2, 0.25) is 0 Å². The number of amides is 1. The molecule has 0 spiro atoms. The molecule has 0 bridgehead atoms. The van der Waals surface area contributed by atoms with Gasteiger partial charge in [0.2, 0.25) is 5.91 Å². The number of carbonyl (C=O) groups is 1. The van der Waals surface area contributed by atoms with Crippen LogP contribution in [0.25, 0.3) is 0 Å². The molecule has 12 heteroatoms. The number of hydrogen-bond donors (Lipinski definition) is 1. The van der Waals surface area contributed by atoms with Crippen molar-refractivity contribution in [2.45, 2.75) is 31.2 Å². The van der Waals surface area contributed by atoms with E-state index in [0.29, 0.717) is 22.4 Å². The van der Waals surface area contributed by atoms with Crippen LogP contribution in [0, 0.1) is 22.7 Å². The normalized spacial score (nSPS) is 18.4. The van der Waals surface area contributed by atoms with Crippen LogP contribution < -0.4 is 14.8 Å². The maximum Gasteiger partial charge on any atom is 0.257 e. The number of alkyl halides is 2. The van der Waals surface area contributed by atoms with Crippen LogP contribution in [-0.2, 0) is 4.79 Å². The first kappa shape index (κ1) is 25.3. The number of nitrogens with one attached hydrogen (secondary N) is 1. The van der Waals surface area contributed by atoms with Crippen molar-refractivity contribution in [2.75, 3.05) is 18.4 Å². The molecule has 36 heavy (non-hydrogen) atoms. The number of likely N-dealkylation sites (tertiary alicyclic amines) is 1. The van der Waals surface area contributed by atoms with E-state index in [9.17, 15) is 32.0 Å². The van der Waals surface area contributed by atoms with Crippen molar-refractivity contribution in [1.82, 2.24) is 9.88 Å². The molecule has 1 unspecified atom stereocenters. The number of halogens is 5. The van der Waals surface area contributed by atoms with E-state index in [1.807, 2.05) is 0 Å². The maximum absolute atomic E-state index is 14.6. The molecular weight excluding hydrogens is 487 g/mol. The highest BCUT2D eigenvalue weighted by Gasteiger charge is 2.46. The first-order chi connectivity index (χ1) is 17.0. The van der Waals surface area contributed by atoms with Crippen LogP contribution in [0.5, 0.6) is 11.5 Å². The predicted molar refractivity (Wildman–Crippen MR) is 118 cm³/mol. The lowest BCUT2D eigenvalue weighted by molar-refractivity contribution is -0.605. The van der Waals surface area contributed by atoms with Crippen molar-refractivity contribution in [3.63, 3.8) is 0 Å². The Balaban J connectivity index is 1.39. The second kappa shape index (κ2) is 10.1. The summed E-state index contributed by atoms with van der Waals surface area (Å²) in [5.41, 5.74) is 0.305. The second-order valence-corrected chi connectivity index (χ2v) is 8.39. The van der Waals surface area contributed by atoms with Crippen LogP contribution in [-0.4, -0.2) is 40.8 Å². The van der Waals surface area contributed by atoms with Gasteiger partial charge in [-0.2, -0.15) is 4.73 Å².